The quantitative estimate of drug-likeness (QED) is 0.587. The van der Waals surface area contributed by atoms with Crippen molar-refractivity contribution in [2.24, 2.45) is 0 Å². The normalized spacial score (nSPS) is 11.2. The van der Waals surface area contributed by atoms with E-state index in [1.54, 1.807) is 16.9 Å². The van der Waals surface area contributed by atoms with Gasteiger partial charge in [0.1, 0.15) is 6.54 Å². The van der Waals surface area contributed by atoms with Crippen molar-refractivity contribution in [2.75, 3.05) is 18.4 Å². The molecule has 2 aromatic rings. The number of nitrogens with zero attached hydrogens (tertiary/aromatic N) is 3. The zero-order chi connectivity index (χ0) is 20.9. The molecule has 0 saturated heterocycles. The molecule has 0 aliphatic heterocycles. The summed E-state index contributed by atoms with van der Waals surface area (Å²) in [6.07, 6.45) is 3.60. The number of para-hydroxylation sites is 1. The Kier molecular flexibility index (Phi) is 6.72. The molecule has 7 heteroatoms. The van der Waals surface area contributed by atoms with Crippen LogP contribution in [0.3, 0.4) is 0 Å². The van der Waals surface area contributed by atoms with Gasteiger partial charge < -0.3 is 10.2 Å². The lowest BCUT2D eigenvalue weighted by Gasteiger charge is -2.21. The van der Waals surface area contributed by atoms with Crippen molar-refractivity contribution in [1.82, 2.24) is 14.7 Å². The van der Waals surface area contributed by atoms with E-state index in [0.29, 0.717) is 18.7 Å². The topological polar surface area (TPSA) is 84.3 Å². The summed E-state index contributed by atoms with van der Waals surface area (Å²) in [6, 6.07) is 7.40. The number of hydrogen-bond acceptors (Lipinski definition) is 4. The lowest BCUT2D eigenvalue weighted by atomic mass is 10.1. The van der Waals surface area contributed by atoms with Gasteiger partial charge in [-0.1, -0.05) is 25.1 Å². The molecule has 0 spiro atoms. The number of amides is 2. The number of ketones is 1. The van der Waals surface area contributed by atoms with Gasteiger partial charge in [0, 0.05) is 18.4 Å². The summed E-state index contributed by atoms with van der Waals surface area (Å²) in [5.74, 6) is -1.70. The Morgan fingerprint density at radius 2 is 1.86 bits per heavy atom. The molecule has 28 heavy (non-hydrogen) atoms. The van der Waals surface area contributed by atoms with Crippen LogP contribution in [-0.2, 0) is 15.1 Å². The Morgan fingerprint density at radius 1 is 1.18 bits per heavy atom. The summed E-state index contributed by atoms with van der Waals surface area (Å²) in [4.78, 5) is 39.0. The number of hydrogen-bond donors (Lipinski definition) is 1. The van der Waals surface area contributed by atoms with Crippen LogP contribution < -0.4 is 5.32 Å². The maximum absolute atomic E-state index is 12.7. The standard InChI is InChI=1S/C21H28N4O3/c1-6-11-24(14-18(26)23-17-10-8-7-9-15(17)2)20(28)19(27)16-12-22-25(13-16)21(3,4)5/h7-10,12-13H,6,11,14H2,1-5H3,(H,23,26). The maximum atomic E-state index is 12.7. The molecule has 0 fully saturated rings. The van der Waals surface area contributed by atoms with Crippen molar-refractivity contribution in [3.8, 4) is 0 Å². The molecule has 1 aromatic carbocycles. The third kappa shape index (κ3) is 5.28. The van der Waals surface area contributed by atoms with E-state index in [-0.39, 0.29) is 23.6 Å². The van der Waals surface area contributed by atoms with Gasteiger partial charge in [0.25, 0.3) is 11.7 Å². The van der Waals surface area contributed by atoms with Crippen molar-refractivity contribution >= 4 is 23.3 Å². The van der Waals surface area contributed by atoms with Crippen LogP contribution in [0.1, 0.15) is 50.0 Å². The molecule has 0 aliphatic carbocycles. The Balaban J connectivity index is 2.10. The second kappa shape index (κ2) is 8.82. The number of aromatic nitrogens is 2. The minimum atomic E-state index is -0.699. The number of Topliss-reactive ketones (excluding diaryl/α,β-unsaturated/α-hetero) is 1. The van der Waals surface area contributed by atoms with Crippen LogP contribution >= 0.6 is 0 Å². The molecule has 2 amide bonds. The minimum Gasteiger partial charge on any atom is -0.326 e. The molecule has 0 atom stereocenters. The van der Waals surface area contributed by atoms with E-state index in [1.165, 1.54) is 11.1 Å². The van der Waals surface area contributed by atoms with Crippen molar-refractivity contribution in [2.45, 2.75) is 46.6 Å². The van der Waals surface area contributed by atoms with Crippen LogP contribution in [-0.4, -0.2) is 45.4 Å². The Morgan fingerprint density at radius 3 is 2.43 bits per heavy atom. The van der Waals surface area contributed by atoms with Crippen molar-refractivity contribution < 1.29 is 14.4 Å². The highest BCUT2D eigenvalue weighted by Gasteiger charge is 2.27. The van der Waals surface area contributed by atoms with Crippen LogP contribution in [0, 0.1) is 6.92 Å². The molecule has 1 aromatic heterocycles. The van der Waals surface area contributed by atoms with Gasteiger partial charge in [0.05, 0.1) is 17.3 Å². The fraction of sp³-hybridized carbons (Fsp3) is 0.429. The average molecular weight is 384 g/mol. The molecule has 0 radical (unpaired) electrons. The summed E-state index contributed by atoms with van der Waals surface area (Å²) >= 11 is 0. The molecule has 2 rings (SSSR count). The van der Waals surface area contributed by atoms with E-state index in [9.17, 15) is 14.4 Å². The van der Waals surface area contributed by atoms with Gasteiger partial charge in [-0.2, -0.15) is 5.10 Å². The van der Waals surface area contributed by atoms with E-state index in [2.05, 4.69) is 10.4 Å². The zero-order valence-electron chi connectivity index (χ0n) is 17.2. The van der Waals surface area contributed by atoms with E-state index in [0.717, 1.165) is 5.56 Å². The number of rotatable bonds is 7. The van der Waals surface area contributed by atoms with Gasteiger partial charge in [-0.3, -0.25) is 19.1 Å². The molecule has 1 N–H and O–H groups in total. The third-order valence-electron chi connectivity index (χ3n) is 4.26. The van der Waals surface area contributed by atoms with Crippen molar-refractivity contribution in [1.29, 1.82) is 0 Å². The van der Waals surface area contributed by atoms with Crippen LogP contribution in [0.4, 0.5) is 5.69 Å². The highest BCUT2D eigenvalue weighted by Crippen LogP contribution is 2.15. The Hall–Kier alpha value is -2.96. The summed E-state index contributed by atoms with van der Waals surface area (Å²) in [5, 5.41) is 6.96. The maximum Gasteiger partial charge on any atom is 0.295 e. The lowest BCUT2D eigenvalue weighted by Crippen LogP contribution is -2.42. The van der Waals surface area contributed by atoms with E-state index >= 15 is 0 Å². The molecule has 0 aliphatic rings. The summed E-state index contributed by atoms with van der Waals surface area (Å²) in [7, 11) is 0. The second-order valence-corrected chi connectivity index (χ2v) is 7.76. The molecule has 150 valence electrons. The minimum absolute atomic E-state index is 0.180. The van der Waals surface area contributed by atoms with Gasteiger partial charge in [-0.05, 0) is 45.7 Å². The first kappa shape index (κ1) is 21.3. The van der Waals surface area contributed by atoms with E-state index < -0.39 is 11.7 Å². The number of aryl methyl sites for hydroxylation is 1. The second-order valence-electron chi connectivity index (χ2n) is 7.76. The SMILES string of the molecule is CCCN(CC(=O)Nc1ccccc1C)C(=O)C(=O)c1cnn(C(C)(C)C)c1. The van der Waals surface area contributed by atoms with Gasteiger partial charge in [0.2, 0.25) is 5.91 Å². The molecule has 0 bridgehead atoms. The van der Waals surface area contributed by atoms with Crippen molar-refractivity contribution in [3.05, 3.63) is 47.8 Å². The van der Waals surface area contributed by atoms with Gasteiger partial charge in [-0.25, -0.2) is 0 Å². The summed E-state index contributed by atoms with van der Waals surface area (Å²) in [5.41, 5.74) is 1.54. The monoisotopic (exact) mass is 384 g/mol. The first-order valence-electron chi connectivity index (χ1n) is 9.37. The number of nitrogens with one attached hydrogen (secondary N) is 1. The first-order valence-corrected chi connectivity index (χ1v) is 9.37. The average Bonchev–Trinajstić information content (AvgIpc) is 3.12. The van der Waals surface area contributed by atoms with E-state index in [4.69, 9.17) is 0 Å². The van der Waals surface area contributed by atoms with Crippen LogP contribution in [0.15, 0.2) is 36.7 Å². The number of carbonyl (C=O) groups is 3. The number of benzene rings is 1. The third-order valence-corrected chi connectivity index (χ3v) is 4.26. The number of carbonyl (C=O) groups excluding carboxylic acids is 3. The highest BCUT2D eigenvalue weighted by atomic mass is 16.2. The zero-order valence-corrected chi connectivity index (χ0v) is 17.2. The van der Waals surface area contributed by atoms with Gasteiger partial charge in [-0.15, -0.1) is 0 Å². The summed E-state index contributed by atoms with van der Waals surface area (Å²) in [6.45, 7) is 9.78. The fourth-order valence-electron chi connectivity index (χ4n) is 2.67. The van der Waals surface area contributed by atoms with Crippen molar-refractivity contribution in [3.63, 3.8) is 0 Å². The summed E-state index contributed by atoms with van der Waals surface area (Å²) < 4.78 is 1.64. The largest absolute Gasteiger partial charge is 0.326 e. The van der Waals surface area contributed by atoms with Gasteiger partial charge in [0.15, 0.2) is 0 Å². The van der Waals surface area contributed by atoms with E-state index in [1.807, 2.05) is 52.8 Å². The number of anilines is 1. The highest BCUT2D eigenvalue weighted by molar-refractivity contribution is 6.42. The molecular formula is C21H28N4O3. The van der Waals surface area contributed by atoms with Crippen LogP contribution in [0.2, 0.25) is 0 Å². The van der Waals surface area contributed by atoms with Crippen LogP contribution in [0.5, 0.6) is 0 Å². The van der Waals surface area contributed by atoms with Gasteiger partial charge >= 0.3 is 0 Å². The molecule has 1 heterocycles. The fourth-order valence-corrected chi connectivity index (χ4v) is 2.67. The lowest BCUT2D eigenvalue weighted by molar-refractivity contribution is -0.130. The van der Waals surface area contributed by atoms with Crippen LogP contribution in [0.25, 0.3) is 0 Å². The molecular weight excluding hydrogens is 356 g/mol. The predicted molar refractivity (Wildman–Crippen MR) is 108 cm³/mol. The predicted octanol–water partition coefficient (Wildman–Crippen LogP) is 3.01. The molecule has 7 nitrogen and oxygen atoms in total. The smallest absolute Gasteiger partial charge is 0.295 e. The molecule has 0 saturated carbocycles. The molecule has 0 unspecified atom stereocenters. The Labute approximate surface area is 165 Å². The Bertz CT molecular complexity index is 865. The first-order chi connectivity index (χ1) is 13.1.